The number of aliphatic imine (C=N–C) groups is 2. The van der Waals surface area contributed by atoms with Crippen LogP contribution in [0.25, 0.3) is 0 Å². The van der Waals surface area contributed by atoms with Crippen molar-refractivity contribution < 1.29 is 23.7 Å². The van der Waals surface area contributed by atoms with Gasteiger partial charge < -0.3 is 29.4 Å². The fourth-order valence-corrected chi connectivity index (χ4v) is 3.21. The zero-order valence-corrected chi connectivity index (χ0v) is 21.8. The van der Waals surface area contributed by atoms with Crippen molar-refractivity contribution in [3.63, 3.8) is 0 Å². The highest BCUT2D eigenvalue weighted by Crippen LogP contribution is 2.29. The normalized spacial score (nSPS) is 16.9. The third-order valence-electron chi connectivity index (χ3n) is 4.94. The molecule has 0 saturated carbocycles. The summed E-state index contributed by atoms with van der Waals surface area (Å²) in [5.41, 5.74) is 7.93. The first-order chi connectivity index (χ1) is 17.0. The van der Waals surface area contributed by atoms with Crippen LogP contribution in [0.5, 0.6) is 5.75 Å². The summed E-state index contributed by atoms with van der Waals surface area (Å²) in [6, 6.07) is 3.45. The van der Waals surface area contributed by atoms with Crippen molar-refractivity contribution in [2.24, 2.45) is 9.98 Å². The topological polar surface area (TPSA) is 96.9 Å². The van der Waals surface area contributed by atoms with Crippen LogP contribution in [0.1, 0.15) is 38.7 Å². The number of anilines is 1. The molecule has 9 heteroatoms. The molecule has 192 valence electrons. The standard InChI is InChI=1S/C24H30ClN3O5.C2H6/c1-4-6-21(29-3)23(32-8-5-7-31-18-13-30-14-18)10-17-11-24(28-15-27-17)33-22-12-19(25)20(26)9-16(22)2;1-2/h4,9-10,12,15,18H,1,5-8,11,13-14,26H2,2-3H3;1-2H3/b17-10+,23-21-;. The molecule has 0 unspecified atom stereocenters. The van der Waals surface area contributed by atoms with Crippen molar-refractivity contribution in [1.29, 1.82) is 0 Å². The van der Waals surface area contributed by atoms with Gasteiger partial charge in [0.25, 0.3) is 0 Å². The number of methoxy groups -OCH3 is 1. The summed E-state index contributed by atoms with van der Waals surface area (Å²) < 4.78 is 28.3. The third-order valence-corrected chi connectivity index (χ3v) is 5.26. The molecule has 2 N–H and O–H groups in total. The predicted molar refractivity (Wildman–Crippen MR) is 141 cm³/mol. The Morgan fingerprint density at radius 3 is 2.71 bits per heavy atom. The number of aryl methyl sites for hydroxylation is 1. The van der Waals surface area contributed by atoms with E-state index in [1.807, 2.05) is 26.8 Å². The van der Waals surface area contributed by atoms with Crippen LogP contribution in [0.15, 0.2) is 58.1 Å². The average molecular weight is 506 g/mol. The molecule has 0 spiro atoms. The number of hydrogen-bond acceptors (Lipinski definition) is 8. The van der Waals surface area contributed by atoms with Crippen LogP contribution in [0, 0.1) is 6.92 Å². The molecular formula is C26H36ClN3O5. The lowest BCUT2D eigenvalue weighted by molar-refractivity contribution is -0.131. The number of rotatable bonds is 11. The Bertz CT molecular complexity index is 968. The SMILES string of the molecule is C=CC/C(OC)=C(\C=C1/CC(Oc2cc(Cl)c(N)cc2C)=NC=N1)OCCCOC1COC1.CC. The first kappa shape index (κ1) is 28.4. The summed E-state index contributed by atoms with van der Waals surface area (Å²) in [4.78, 5) is 8.62. The molecule has 0 amide bonds. The number of ether oxygens (including phenoxy) is 5. The lowest BCUT2D eigenvalue weighted by atomic mass is 10.2. The Labute approximate surface area is 213 Å². The Morgan fingerprint density at radius 1 is 1.29 bits per heavy atom. The van der Waals surface area contributed by atoms with E-state index in [4.69, 9.17) is 41.0 Å². The van der Waals surface area contributed by atoms with Gasteiger partial charge in [0, 0.05) is 25.0 Å². The number of benzene rings is 1. The van der Waals surface area contributed by atoms with E-state index in [1.54, 1.807) is 25.3 Å². The van der Waals surface area contributed by atoms with E-state index in [9.17, 15) is 0 Å². The van der Waals surface area contributed by atoms with Crippen LogP contribution in [0.2, 0.25) is 5.02 Å². The summed E-state index contributed by atoms with van der Waals surface area (Å²) in [6.45, 7) is 12.1. The quantitative estimate of drug-likeness (QED) is 0.182. The second kappa shape index (κ2) is 15.2. The van der Waals surface area contributed by atoms with Gasteiger partial charge in [0.1, 0.15) is 24.0 Å². The molecular weight excluding hydrogens is 470 g/mol. The predicted octanol–water partition coefficient (Wildman–Crippen LogP) is 5.61. The van der Waals surface area contributed by atoms with Gasteiger partial charge in [0.2, 0.25) is 5.90 Å². The molecule has 35 heavy (non-hydrogen) atoms. The van der Waals surface area contributed by atoms with Crippen LogP contribution in [-0.2, 0) is 18.9 Å². The number of halogens is 1. The smallest absolute Gasteiger partial charge is 0.202 e. The minimum absolute atomic E-state index is 0.200. The lowest BCUT2D eigenvalue weighted by Crippen LogP contribution is -2.36. The van der Waals surface area contributed by atoms with Gasteiger partial charge in [-0.2, -0.15) is 0 Å². The molecule has 2 heterocycles. The fraction of sp³-hybridized carbons (Fsp3) is 0.462. The maximum absolute atomic E-state index is 6.14. The van der Waals surface area contributed by atoms with Crippen molar-refractivity contribution in [3.05, 3.63) is 58.7 Å². The minimum atomic E-state index is 0.200. The lowest BCUT2D eigenvalue weighted by Gasteiger charge is -2.25. The Hall–Kier alpha value is -2.81. The van der Waals surface area contributed by atoms with E-state index in [1.165, 1.54) is 6.34 Å². The van der Waals surface area contributed by atoms with Crippen molar-refractivity contribution in [1.82, 2.24) is 0 Å². The van der Waals surface area contributed by atoms with Gasteiger partial charge in [-0.15, -0.1) is 6.58 Å². The van der Waals surface area contributed by atoms with Gasteiger partial charge in [-0.3, -0.25) is 0 Å². The van der Waals surface area contributed by atoms with E-state index in [2.05, 4.69) is 16.6 Å². The van der Waals surface area contributed by atoms with Gasteiger partial charge in [-0.05, 0) is 18.6 Å². The second-order valence-corrected chi connectivity index (χ2v) is 7.94. The molecule has 1 aromatic carbocycles. The molecule has 1 saturated heterocycles. The van der Waals surface area contributed by atoms with Crippen molar-refractivity contribution in [2.75, 3.05) is 39.3 Å². The zero-order chi connectivity index (χ0) is 25.6. The number of hydrogen-bond donors (Lipinski definition) is 1. The van der Waals surface area contributed by atoms with Gasteiger partial charge in [-0.25, -0.2) is 9.98 Å². The minimum Gasteiger partial charge on any atom is -0.497 e. The Morgan fingerprint density at radius 2 is 2.06 bits per heavy atom. The third kappa shape index (κ3) is 9.05. The first-order valence-electron chi connectivity index (χ1n) is 11.7. The van der Waals surface area contributed by atoms with E-state index < -0.39 is 0 Å². The number of nitrogen functional groups attached to an aromatic ring is 1. The summed E-state index contributed by atoms with van der Waals surface area (Å²) in [5, 5.41) is 0.429. The summed E-state index contributed by atoms with van der Waals surface area (Å²) >= 11 is 6.14. The van der Waals surface area contributed by atoms with Crippen LogP contribution in [-0.4, -0.2) is 51.9 Å². The molecule has 0 atom stereocenters. The molecule has 1 aromatic rings. The molecule has 2 aliphatic heterocycles. The van der Waals surface area contributed by atoms with Crippen LogP contribution >= 0.6 is 11.6 Å². The summed E-state index contributed by atoms with van der Waals surface area (Å²) in [7, 11) is 1.61. The van der Waals surface area contributed by atoms with Gasteiger partial charge >= 0.3 is 0 Å². The molecule has 8 nitrogen and oxygen atoms in total. The zero-order valence-electron chi connectivity index (χ0n) is 21.0. The van der Waals surface area contributed by atoms with Crippen LogP contribution in [0.3, 0.4) is 0 Å². The molecule has 0 radical (unpaired) electrons. The van der Waals surface area contributed by atoms with E-state index in [0.29, 0.717) is 73.1 Å². The van der Waals surface area contributed by atoms with Gasteiger partial charge in [0.15, 0.2) is 5.76 Å². The maximum Gasteiger partial charge on any atom is 0.202 e. The highest BCUT2D eigenvalue weighted by atomic mass is 35.5. The monoisotopic (exact) mass is 505 g/mol. The number of allylic oxidation sites excluding steroid dienone is 2. The van der Waals surface area contributed by atoms with E-state index >= 15 is 0 Å². The summed E-state index contributed by atoms with van der Waals surface area (Å²) in [6.07, 6.45) is 6.88. The molecule has 0 bridgehead atoms. The highest BCUT2D eigenvalue weighted by Gasteiger charge is 2.18. The molecule has 2 aliphatic rings. The Balaban J connectivity index is 0.00000210. The highest BCUT2D eigenvalue weighted by molar-refractivity contribution is 6.33. The van der Waals surface area contributed by atoms with Gasteiger partial charge in [0.05, 0.1) is 56.4 Å². The van der Waals surface area contributed by atoms with Gasteiger partial charge in [-0.1, -0.05) is 31.5 Å². The average Bonchev–Trinajstić information content (AvgIpc) is 2.83. The molecule has 0 aliphatic carbocycles. The number of nitrogens with two attached hydrogens (primary N) is 1. The second-order valence-electron chi connectivity index (χ2n) is 7.54. The largest absolute Gasteiger partial charge is 0.497 e. The van der Waals surface area contributed by atoms with Crippen LogP contribution < -0.4 is 10.5 Å². The van der Waals surface area contributed by atoms with E-state index in [0.717, 1.165) is 17.7 Å². The van der Waals surface area contributed by atoms with E-state index in [-0.39, 0.29) is 6.10 Å². The number of nitrogens with zero attached hydrogens (tertiary/aromatic N) is 2. The van der Waals surface area contributed by atoms with Crippen molar-refractivity contribution >= 4 is 29.5 Å². The van der Waals surface area contributed by atoms with Crippen LogP contribution in [0.4, 0.5) is 5.69 Å². The molecule has 3 rings (SSSR count). The molecule has 1 fully saturated rings. The summed E-state index contributed by atoms with van der Waals surface area (Å²) in [5.74, 6) is 2.32. The van der Waals surface area contributed by atoms with Crippen molar-refractivity contribution in [2.45, 2.75) is 46.1 Å². The first-order valence-corrected chi connectivity index (χ1v) is 12.1. The van der Waals surface area contributed by atoms with Crippen molar-refractivity contribution in [3.8, 4) is 5.75 Å². The Kier molecular flexibility index (Phi) is 12.4. The fourth-order valence-electron chi connectivity index (χ4n) is 3.06. The molecule has 0 aromatic heterocycles. The maximum atomic E-state index is 6.14.